The molecule has 2 aliphatic heterocycles. The average molecular weight is 513 g/mol. The van der Waals surface area contributed by atoms with Crippen molar-refractivity contribution in [2.75, 3.05) is 36.1 Å². The molecule has 8 nitrogen and oxygen atoms in total. The molecule has 2 aromatic heterocycles. The molecule has 0 radical (unpaired) electrons. The Morgan fingerprint density at radius 2 is 1.87 bits per heavy atom. The van der Waals surface area contributed by atoms with Crippen molar-refractivity contribution in [2.24, 2.45) is 5.92 Å². The normalized spacial score (nSPS) is 16.2. The predicted molar refractivity (Wildman–Crippen MR) is 147 cm³/mol. The second-order valence-electron chi connectivity index (χ2n) is 9.76. The Kier molecular flexibility index (Phi) is 8.09. The quantitative estimate of drug-likeness (QED) is 0.433. The number of amides is 1. The van der Waals surface area contributed by atoms with Gasteiger partial charge in [-0.15, -0.1) is 0 Å². The van der Waals surface area contributed by atoms with E-state index in [0.717, 1.165) is 36.0 Å². The maximum absolute atomic E-state index is 13.6. The van der Waals surface area contributed by atoms with E-state index in [0.29, 0.717) is 43.9 Å². The number of ether oxygens (including phenoxy) is 1. The molecule has 0 bridgehead atoms. The molecule has 0 unspecified atom stereocenters. The van der Waals surface area contributed by atoms with Crippen molar-refractivity contribution in [3.63, 3.8) is 0 Å². The van der Waals surface area contributed by atoms with Crippen LogP contribution in [0.3, 0.4) is 0 Å². The lowest BCUT2D eigenvalue weighted by atomic mass is 9.98. The Hall–Kier alpha value is -4.04. The van der Waals surface area contributed by atoms with Crippen LogP contribution in [0.2, 0.25) is 0 Å². The highest BCUT2D eigenvalue weighted by molar-refractivity contribution is 5.95. The largest absolute Gasteiger partial charge is 0.478 e. The first-order chi connectivity index (χ1) is 18.6. The molecule has 0 spiro atoms. The van der Waals surface area contributed by atoms with Crippen LogP contribution in [-0.4, -0.2) is 53.3 Å². The average Bonchev–Trinajstić information content (AvgIpc) is 3.51. The van der Waals surface area contributed by atoms with Gasteiger partial charge >= 0.3 is 5.97 Å². The second-order valence-corrected chi connectivity index (χ2v) is 9.76. The molecule has 1 amide bonds. The summed E-state index contributed by atoms with van der Waals surface area (Å²) >= 11 is 0. The van der Waals surface area contributed by atoms with Crippen molar-refractivity contribution in [3.8, 4) is 11.3 Å². The van der Waals surface area contributed by atoms with Gasteiger partial charge in [0.2, 0.25) is 5.91 Å². The van der Waals surface area contributed by atoms with Gasteiger partial charge in [-0.25, -0.2) is 4.79 Å². The number of pyridine rings is 2. The van der Waals surface area contributed by atoms with Gasteiger partial charge in [-0.2, -0.15) is 0 Å². The summed E-state index contributed by atoms with van der Waals surface area (Å²) in [6, 6.07) is 14.3. The first-order valence-electron chi connectivity index (χ1n) is 13.1. The van der Waals surface area contributed by atoms with Gasteiger partial charge in [-0.05, 0) is 67.2 Å². The number of carbonyl (C=O) groups is 2. The Labute approximate surface area is 222 Å². The van der Waals surface area contributed by atoms with Crippen molar-refractivity contribution in [1.82, 2.24) is 9.97 Å². The monoisotopic (exact) mass is 512 g/mol. The molecule has 5 rings (SSSR count). The molecule has 4 heterocycles. The lowest BCUT2D eigenvalue weighted by Gasteiger charge is -2.29. The minimum atomic E-state index is -1.04. The van der Waals surface area contributed by atoms with E-state index in [4.69, 9.17) is 14.8 Å². The fraction of sp³-hybridized carbons (Fsp3) is 0.333. The van der Waals surface area contributed by atoms with Crippen LogP contribution in [0.15, 0.2) is 67.1 Å². The third-order valence-corrected chi connectivity index (χ3v) is 7.09. The summed E-state index contributed by atoms with van der Waals surface area (Å²) < 4.78 is 5.46. The Morgan fingerprint density at radius 3 is 2.61 bits per heavy atom. The number of rotatable bonds is 8. The highest BCUT2D eigenvalue weighted by Gasteiger charge is 2.28. The fourth-order valence-corrected chi connectivity index (χ4v) is 5.02. The number of nitrogens with zero attached hydrogens (tertiary/aromatic N) is 4. The topological polar surface area (TPSA) is 95.9 Å². The maximum atomic E-state index is 13.6. The number of anilines is 2. The maximum Gasteiger partial charge on any atom is 0.328 e. The first-order valence-corrected chi connectivity index (χ1v) is 13.1. The minimum absolute atomic E-state index is 0.0110. The molecule has 3 aromatic rings. The van der Waals surface area contributed by atoms with Crippen molar-refractivity contribution in [1.29, 1.82) is 0 Å². The highest BCUT2D eigenvalue weighted by atomic mass is 16.5. The Balaban J connectivity index is 1.38. The van der Waals surface area contributed by atoms with Crippen LogP contribution in [0, 0.1) is 5.92 Å². The van der Waals surface area contributed by atoms with Crippen LogP contribution in [0.4, 0.5) is 11.4 Å². The number of aliphatic carboxylic acids is 1. The molecule has 0 atom stereocenters. The third-order valence-electron chi connectivity index (χ3n) is 7.09. The summed E-state index contributed by atoms with van der Waals surface area (Å²) in [6.07, 6.45) is 11.4. The molecule has 2 fully saturated rings. The lowest BCUT2D eigenvalue weighted by Crippen LogP contribution is -2.38. The number of aromatic nitrogens is 2. The standard InChI is InChI=1S/C30H32N4O4/c35-29(36)9-7-22-16-27(20-31-18-22)34(30(37)24-10-14-38-15-11-24)21-23-6-8-28(32-19-23)25-4-3-5-26(17-25)33-12-1-2-13-33/h3-9,16-20,24H,1-2,10-15,21H2,(H,35,36). The number of benzene rings is 1. The van der Waals surface area contributed by atoms with E-state index in [1.165, 1.54) is 24.6 Å². The van der Waals surface area contributed by atoms with E-state index >= 15 is 0 Å². The van der Waals surface area contributed by atoms with Crippen molar-refractivity contribution in [3.05, 3.63) is 78.3 Å². The van der Waals surface area contributed by atoms with Crippen LogP contribution < -0.4 is 9.80 Å². The summed E-state index contributed by atoms with van der Waals surface area (Å²) in [4.78, 5) is 37.7. The zero-order valence-corrected chi connectivity index (χ0v) is 21.3. The number of carboxylic acid groups (broad SMARTS) is 1. The summed E-state index contributed by atoms with van der Waals surface area (Å²) in [5, 5.41) is 8.99. The zero-order valence-electron chi connectivity index (χ0n) is 21.3. The SMILES string of the molecule is O=C(O)C=Cc1cncc(N(Cc2ccc(-c3cccc(N4CCCC4)c3)nc2)C(=O)C2CCOCC2)c1. The zero-order chi connectivity index (χ0) is 26.3. The van der Waals surface area contributed by atoms with Gasteiger partial charge in [0.15, 0.2) is 0 Å². The van der Waals surface area contributed by atoms with Crippen LogP contribution in [-0.2, 0) is 20.9 Å². The first kappa shape index (κ1) is 25.6. The minimum Gasteiger partial charge on any atom is -0.478 e. The highest BCUT2D eigenvalue weighted by Crippen LogP contribution is 2.28. The molecule has 196 valence electrons. The van der Waals surface area contributed by atoms with Crippen LogP contribution >= 0.6 is 0 Å². The van der Waals surface area contributed by atoms with Gasteiger partial charge in [-0.3, -0.25) is 14.8 Å². The Bertz CT molecular complexity index is 1300. The third kappa shape index (κ3) is 6.26. The van der Waals surface area contributed by atoms with Gasteiger partial charge < -0.3 is 19.6 Å². The van der Waals surface area contributed by atoms with Crippen molar-refractivity contribution < 1.29 is 19.4 Å². The molecule has 1 aromatic carbocycles. The van der Waals surface area contributed by atoms with E-state index in [1.807, 2.05) is 18.3 Å². The summed E-state index contributed by atoms with van der Waals surface area (Å²) in [5.74, 6) is -1.16. The van der Waals surface area contributed by atoms with E-state index in [1.54, 1.807) is 23.4 Å². The smallest absolute Gasteiger partial charge is 0.328 e. The molecule has 1 N–H and O–H groups in total. The molecule has 2 aliphatic rings. The molecule has 0 saturated carbocycles. The van der Waals surface area contributed by atoms with E-state index in [9.17, 15) is 9.59 Å². The summed E-state index contributed by atoms with van der Waals surface area (Å²) in [5.41, 5.74) is 5.31. The van der Waals surface area contributed by atoms with Crippen molar-refractivity contribution in [2.45, 2.75) is 32.2 Å². The van der Waals surface area contributed by atoms with E-state index < -0.39 is 5.97 Å². The molecule has 38 heavy (non-hydrogen) atoms. The second kappa shape index (κ2) is 12.0. The predicted octanol–water partition coefficient (Wildman–Crippen LogP) is 4.80. The van der Waals surface area contributed by atoms with Gasteiger partial charge in [0.25, 0.3) is 0 Å². The number of carboxylic acids is 1. The van der Waals surface area contributed by atoms with Crippen molar-refractivity contribution >= 4 is 29.3 Å². The van der Waals surface area contributed by atoms with Gasteiger partial charge in [0.05, 0.1) is 24.1 Å². The van der Waals surface area contributed by atoms with Crippen LogP contribution in [0.1, 0.15) is 36.8 Å². The molecule has 0 aliphatic carbocycles. The molecular weight excluding hydrogens is 480 g/mol. The number of hydrogen-bond acceptors (Lipinski definition) is 6. The van der Waals surface area contributed by atoms with Crippen LogP contribution in [0.25, 0.3) is 17.3 Å². The number of hydrogen-bond donors (Lipinski definition) is 1. The number of carbonyl (C=O) groups excluding carboxylic acids is 1. The fourth-order valence-electron chi connectivity index (χ4n) is 5.02. The van der Waals surface area contributed by atoms with Crippen LogP contribution in [0.5, 0.6) is 0 Å². The molecular formula is C30H32N4O4. The lowest BCUT2D eigenvalue weighted by molar-refractivity contribution is -0.131. The van der Waals surface area contributed by atoms with Gasteiger partial charge in [0.1, 0.15) is 0 Å². The summed E-state index contributed by atoms with van der Waals surface area (Å²) in [7, 11) is 0. The van der Waals surface area contributed by atoms with E-state index in [2.05, 4.69) is 34.1 Å². The van der Waals surface area contributed by atoms with Gasteiger partial charge in [0, 0.05) is 61.9 Å². The summed E-state index contributed by atoms with van der Waals surface area (Å²) in [6.45, 7) is 3.66. The van der Waals surface area contributed by atoms with E-state index in [-0.39, 0.29) is 11.8 Å². The Morgan fingerprint density at radius 1 is 1.05 bits per heavy atom. The molecule has 2 saturated heterocycles. The van der Waals surface area contributed by atoms with Gasteiger partial charge in [-0.1, -0.05) is 18.2 Å². The molecule has 8 heteroatoms.